The first kappa shape index (κ1) is 18.9. The van der Waals surface area contributed by atoms with Crippen LogP contribution in [-0.4, -0.2) is 16.9 Å². The van der Waals surface area contributed by atoms with Crippen molar-refractivity contribution in [2.45, 2.75) is 13.3 Å². The van der Waals surface area contributed by atoms with Crippen LogP contribution in [0.2, 0.25) is 5.02 Å². The van der Waals surface area contributed by atoms with Gasteiger partial charge in [0.15, 0.2) is 5.78 Å². The minimum atomic E-state index is -0.450. The number of ketones is 1. The summed E-state index contributed by atoms with van der Waals surface area (Å²) in [6.07, 6.45) is 2.39. The lowest BCUT2D eigenvalue weighted by atomic mass is 10.0. The number of hydrogen-bond donors (Lipinski definition) is 0. The molecular formula is C20H15ClN2O3S. The molecule has 0 aliphatic rings. The van der Waals surface area contributed by atoms with E-state index in [0.717, 1.165) is 11.3 Å². The fraction of sp³-hybridized carbons (Fsp3) is 0.100. The van der Waals surface area contributed by atoms with Crippen LogP contribution >= 0.6 is 22.9 Å². The Labute approximate surface area is 165 Å². The molecular weight excluding hydrogens is 384 g/mol. The van der Waals surface area contributed by atoms with Gasteiger partial charge in [-0.25, -0.2) is 4.99 Å². The van der Waals surface area contributed by atoms with Gasteiger partial charge in [-0.1, -0.05) is 30.7 Å². The maximum absolute atomic E-state index is 12.9. The summed E-state index contributed by atoms with van der Waals surface area (Å²) in [5.41, 5.74) is 1.67. The van der Waals surface area contributed by atoms with E-state index in [0.29, 0.717) is 26.7 Å². The lowest BCUT2D eigenvalue weighted by molar-refractivity contribution is -0.384. The first-order valence-corrected chi connectivity index (χ1v) is 9.39. The third-order valence-electron chi connectivity index (χ3n) is 3.91. The van der Waals surface area contributed by atoms with Crippen LogP contribution in [0, 0.1) is 10.1 Å². The molecule has 1 heterocycles. The van der Waals surface area contributed by atoms with Crippen molar-refractivity contribution in [3.05, 3.63) is 91.3 Å². The molecule has 7 heteroatoms. The predicted molar refractivity (Wildman–Crippen MR) is 109 cm³/mol. The molecule has 2 aromatic carbocycles. The second kappa shape index (κ2) is 8.24. The van der Waals surface area contributed by atoms with Crippen LogP contribution < -0.4 is 0 Å². The van der Waals surface area contributed by atoms with Gasteiger partial charge in [-0.15, -0.1) is 11.3 Å². The van der Waals surface area contributed by atoms with Crippen molar-refractivity contribution < 1.29 is 9.72 Å². The molecule has 0 bridgehead atoms. The van der Waals surface area contributed by atoms with Crippen molar-refractivity contribution in [1.29, 1.82) is 0 Å². The van der Waals surface area contributed by atoms with Crippen molar-refractivity contribution in [3.8, 4) is 0 Å². The van der Waals surface area contributed by atoms with E-state index in [1.165, 1.54) is 23.5 Å². The second-order valence-corrected chi connectivity index (χ2v) is 7.22. The average Bonchev–Trinajstić information content (AvgIpc) is 3.10. The minimum absolute atomic E-state index is 0.0196. The van der Waals surface area contributed by atoms with E-state index >= 15 is 0 Å². The molecule has 0 unspecified atom stereocenters. The average molecular weight is 399 g/mol. The number of nitrogens with zero attached hydrogens (tertiary/aromatic N) is 2. The molecule has 0 radical (unpaired) electrons. The van der Waals surface area contributed by atoms with Crippen LogP contribution in [0.4, 0.5) is 10.7 Å². The largest absolute Gasteiger partial charge is 0.288 e. The molecule has 0 saturated carbocycles. The van der Waals surface area contributed by atoms with Gasteiger partial charge in [0.2, 0.25) is 0 Å². The highest BCUT2D eigenvalue weighted by Gasteiger charge is 2.19. The normalized spacial score (nSPS) is 11.0. The number of nitro benzene ring substituents is 1. The van der Waals surface area contributed by atoms with Gasteiger partial charge in [0, 0.05) is 28.8 Å². The highest BCUT2D eigenvalue weighted by molar-refractivity contribution is 7.16. The summed E-state index contributed by atoms with van der Waals surface area (Å²) in [6, 6.07) is 14.8. The van der Waals surface area contributed by atoms with Crippen molar-refractivity contribution in [2.24, 2.45) is 4.99 Å². The number of benzene rings is 2. The van der Waals surface area contributed by atoms with Gasteiger partial charge in [-0.3, -0.25) is 14.9 Å². The number of non-ortho nitro benzene ring substituents is 1. The van der Waals surface area contributed by atoms with E-state index in [-0.39, 0.29) is 11.5 Å². The number of thiophene rings is 1. The standard InChI is InChI=1S/C20H15ClN2O3S/c1-2-15-11-17(19(24)16-5-3-4-6-18(16)21)20(27-15)22-12-13-7-9-14(10-8-13)23(25)26/h3-12H,2H2,1H3. The number of carbonyl (C=O) groups is 1. The Kier molecular flexibility index (Phi) is 5.78. The Morgan fingerprint density at radius 1 is 1.19 bits per heavy atom. The fourth-order valence-electron chi connectivity index (χ4n) is 2.47. The van der Waals surface area contributed by atoms with E-state index < -0.39 is 4.92 Å². The molecule has 0 N–H and O–H groups in total. The number of aliphatic imine (C=N–C) groups is 1. The summed E-state index contributed by atoms with van der Waals surface area (Å²) < 4.78 is 0. The zero-order valence-corrected chi connectivity index (χ0v) is 16.0. The first-order valence-electron chi connectivity index (χ1n) is 8.20. The van der Waals surface area contributed by atoms with Crippen molar-refractivity contribution in [2.75, 3.05) is 0 Å². The van der Waals surface area contributed by atoms with E-state index in [9.17, 15) is 14.9 Å². The molecule has 0 spiro atoms. The lowest BCUT2D eigenvalue weighted by Crippen LogP contribution is -2.01. The predicted octanol–water partition coefficient (Wildman–Crippen LogP) is 5.85. The Hall–Kier alpha value is -2.83. The van der Waals surface area contributed by atoms with Crippen LogP contribution in [0.15, 0.2) is 59.6 Å². The summed E-state index contributed by atoms with van der Waals surface area (Å²) in [5, 5.41) is 11.7. The fourth-order valence-corrected chi connectivity index (χ4v) is 3.63. The molecule has 3 rings (SSSR count). The molecule has 1 aromatic heterocycles. The van der Waals surface area contributed by atoms with Gasteiger partial charge in [0.1, 0.15) is 5.00 Å². The Morgan fingerprint density at radius 3 is 2.52 bits per heavy atom. The lowest BCUT2D eigenvalue weighted by Gasteiger charge is -2.02. The van der Waals surface area contributed by atoms with Gasteiger partial charge in [0.05, 0.1) is 15.5 Å². The number of nitro groups is 1. The molecule has 5 nitrogen and oxygen atoms in total. The monoisotopic (exact) mass is 398 g/mol. The third-order valence-corrected chi connectivity index (χ3v) is 5.43. The Balaban J connectivity index is 1.94. The SMILES string of the molecule is CCc1cc(C(=O)c2ccccc2Cl)c(N=Cc2ccc([N+](=O)[O-])cc2)s1. The second-order valence-electron chi connectivity index (χ2n) is 5.70. The van der Waals surface area contributed by atoms with Crippen LogP contribution in [-0.2, 0) is 6.42 Å². The maximum atomic E-state index is 12.9. The zero-order valence-electron chi connectivity index (χ0n) is 14.4. The van der Waals surface area contributed by atoms with Crippen LogP contribution in [0.3, 0.4) is 0 Å². The Morgan fingerprint density at radius 2 is 1.89 bits per heavy atom. The minimum Gasteiger partial charge on any atom is -0.288 e. The van der Waals surface area contributed by atoms with Gasteiger partial charge in [0.25, 0.3) is 5.69 Å². The van der Waals surface area contributed by atoms with E-state index in [1.54, 1.807) is 42.6 Å². The molecule has 27 heavy (non-hydrogen) atoms. The number of halogens is 1. The number of carbonyl (C=O) groups excluding carboxylic acids is 1. The smallest absolute Gasteiger partial charge is 0.269 e. The molecule has 0 amide bonds. The molecule has 0 aliphatic carbocycles. The van der Waals surface area contributed by atoms with E-state index in [4.69, 9.17) is 11.6 Å². The van der Waals surface area contributed by atoms with Gasteiger partial charge >= 0.3 is 0 Å². The molecule has 0 saturated heterocycles. The summed E-state index contributed by atoms with van der Waals surface area (Å²) in [6.45, 7) is 2.01. The van der Waals surface area contributed by atoms with Gasteiger partial charge < -0.3 is 0 Å². The Bertz CT molecular complexity index is 1030. The van der Waals surface area contributed by atoms with Crippen molar-refractivity contribution in [1.82, 2.24) is 0 Å². The van der Waals surface area contributed by atoms with Crippen LogP contribution in [0.25, 0.3) is 0 Å². The summed E-state index contributed by atoms with van der Waals surface area (Å²) in [7, 11) is 0. The van der Waals surface area contributed by atoms with E-state index in [1.807, 2.05) is 13.0 Å². The molecule has 3 aromatic rings. The molecule has 0 atom stereocenters. The highest BCUT2D eigenvalue weighted by Crippen LogP contribution is 2.34. The van der Waals surface area contributed by atoms with Gasteiger partial charge in [-0.2, -0.15) is 0 Å². The number of hydrogen-bond acceptors (Lipinski definition) is 5. The van der Waals surface area contributed by atoms with Crippen molar-refractivity contribution in [3.63, 3.8) is 0 Å². The van der Waals surface area contributed by atoms with Crippen molar-refractivity contribution >= 4 is 45.6 Å². The summed E-state index contributed by atoms with van der Waals surface area (Å²) >= 11 is 7.61. The highest BCUT2D eigenvalue weighted by atomic mass is 35.5. The first-order chi connectivity index (χ1) is 13.0. The maximum Gasteiger partial charge on any atom is 0.269 e. The molecule has 136 valence electrons. The third kappa shape index (κ3) is 4.30. The van der Waals surface area contributed by atoms with Crippen LogP contribution in [0.5, 0.6) is 0 Å². The number of aryl methyl sites for hydroxylation is 1. The van der Waals surface area contributed by atoms with Gasteiger partial charge in [-0.05, 0) is 42.3 Å². The van der Waals surface area contributed by atoms with E-state index in [2.05, 4.69) is 4.99 Å². The summed E-state index contributed by atoms with van der Waals surface area (Å²) in [4.78, 5) is 28.7. The molecule has 0 fully saturated rings. The zero-order chi connectivity index (χ0) is 19.4. The number of rotatable bonds is 6. The molecule has 0 aliphatic heterocycles. The topological polar surface area (TPSA) is 72.6 Å². The quantitative estimate of drug-likeness (QED) is 0.226. The summed E-state index contributed by atoms with van der Waals surface area (Å²) in [5.74, 6) is -0.174. The van der Waals surface area contributed by atoms with Crippen LogP contribution in [0.1, 0.15) is 33.3 Å².